The fraction of sp³-hybridized carbons (Fsp3) is 0.100. The summed E-state index contributed by atoms with van der Waals surface area (Å²) < 4.78 is 0. The maximum atomic E-state index is 10.6. The number of hydrogen-bond donors (Lipinski definition) is 1. The van der Waals surface area contributed by atoms with Crippen LogP contribution in [0.25, 0.3) is 0 Å². The van der Waals surface area contributed by atoms with Crippen molar-refractivity contribution < 1.29 is 9.90 Å². The average Bonchev–Trinajstić information content (AvgIpc) is 2.39. The molecular formula is C10H8N2O2. The molecule has 0 spiro atoms. The van der Waals surface area contributed by atoms with Crippen LogP contribution in [0.2, 0.25) is 0 Å². The molecule has 0 aliphatic carbocycles. The Bertz CT molecular complexity index is 436. The number of carboxylic acids is 1. The Morgan fingerprint density at radius 3 is 2.86 bits per heavy atom. The largest absolute Gasteiger partial charge is 0.476 e. The van der Waals surface area contributed by atoms with Crippen LogP contribution in [0.1, 0.15) is 5.56 Å². The molecule has 0 aromatic heterocycles. The molecule has 1 aliphatic heterocycles. The van der Waals surface area contributed by atoms with E-state index in [1.807, 2.05) is 24.3 Å². The van der Waals surface area contributed by atoms with E-state index in [0.29, 0.717) is 6.42 Å². The zero-order valence-corrected chi connectivity index (χ0v) is 7.34. The number of carbonyl (C=O) groups is 1. The van der Waals surface area contributed by atoms with E-state index in [-0.39, 0.29) is 5.70 Å². The lowest BCUT2D eigenvalue weighted by Crippen LogP contribution is -1.96. The number of carboxylic acid groups (broad SMARTS) is 1. The highest BCUT2D eigenvalue weighted by Crippen LogP contribution is 2.23. The van der Waals surface area contributed by atoms with Crippen LogP contribution in [0, 0.1) is 0 Å². The second-order valence-electron chi connectivity index (χ2n) is 2.93. The number of aliphatic carboxylic acids is 1. The van der Waals surface area contributed by atoms with E-state index < -0.39 is 5.97 Å². The van der Waals surface area contributed by atoms with Crippen molar-refractivity contribution in [1.82, 2.24) is 0 Å². The molecular weight excluding hydrogens is 180 g/mol. The molecule has 1 aliphatic rings. The Kier molecular flexibility index (Phi) is 2.10. The van der Waals surface area contributed by atoms with E-state index in [4.69, 9.17) is 5.11 Å². The van der Waals surface area contributed by atoms with E-state index >= 15 is 0 Å². The molecule has 1 heterocycles. The molecule has 0 bridgehead atoms. The monoisotopic (exact) mass is 188 g/mol. The van der Waals surface area contributed by atoms with Gasteiger partial charge in [0.1, 0.15) is 0 Å². The molecule has 4 nitrogen and oxygen atoms in total. The molecule has 0 amide bonds. The number of rotatable bonds is 1. The minimum absolute atomic E-state index is 0.00111. The standard InChI is InChI=1S/C10H8N2O2/c13-10(14)9-6-5-7-3-1-2-4-8(7)11-12-9/h1-4,6H,5H2,(H,13,14). The first-order chi connectivity index (χ1) is 6.77. The first kappa shape index (κ1) is 8.62. The van der Waals surface area contributed by atoms with E-state index in [9.17, 15) is 4.79 Å². The molecule has 0 radical (unpaired) electrons. The summed E-state index contributed by atoms with van der Waals surface area (Å²) in [5.41, 5.74) is 1.73. The normalized spacial score (nSPS) is 14.1. The van der Waals surface area contributed by atoms with Crippen LogP contribution in [0.5, 0.6) is 0 Å². The van der Waals surface area contributed by atoms with Gasteiger partial charge in [-0.3, -0.25) is 0 Å². The number of allylic oxidation sites excluding steroid dienone is 1. The van der Waals surface area contributed by atoms with Crippen LogP contribution in [0.15, 0.2) is 46.3 Å². The molecule has 0 fully saturated rings. The summed E-state index contributed by atoms with van der Waals surface area (Å²) in [5.74, 6) is -1.04. The van der Waals surface area contributed by atoms with Crippen molar-refractivity contribution in [2.75, 3.05) is 0 Å². The fourth-order valence-corrected chi connectivity index (χ4v) is 1.27. The molecule has 1 aromatic carbocycles. The van der Waals surface area contributed by atoms with E-state index in [0.717, 1.165) is 11.3 Å². The average molecular weight is 188 g/mol. The summed E-state index contributed by atoms with van der Waals surface area (Å²) in [7, 11) is 0. The zero-order chi connectivity index (χ0) is 9.97. The van der Waals surface area contributed by atoms with Crippen LogP contribution in [0.3, 0.4) is 0 Å². The third kappa shape index (κ3) is 1.54. The van der Waals surface area contributed by atoms with Crippen LogP contribution in [-0.4, -0.2) is 11.1 Å². The molecule has 1 N–H and O–H groups in total. The van der Waals surface area contributed by atoms with Gasteiger partial charge in [-0.15, -0.1) is 5.11 Å². The van der Waals surface area contributed by atoms with Crippen molar-refractivity contribution in [2.45, 2.75) is 6.42 Å². The first-order valence-electron chi connectivity index (χ1n) is 4.20. The van der Waals surface area contributed by atoms with Gasteiger partial charge in [0.05, 0.1) is 5.69 Å². The predicted octanol–water partition coefficient (Wildman–Crippen LogP) is 2.29. The van der Waals surface area contributed by atoms with Gasteiger partial charge in [0.25, 0.3) is 0 Å². The number of fused-ring (bicyclic) bond motifs is 1. The minimum atomic E-state index is -1.04. The van der Waals surface area contributed by atoms with E-state index in [2.05, 4.69) is 10.2 Å². The lowest BCUT2D eigenvalue weighted by molar-refractivity contribution is -0.132. The SMILES string of the molecule is O=C(O)C1=CCc2ccccc2N=N1. The second-order valence-corrected chi connectivity index (χ2v) is 2.93. The highest BCUT2D eigenvalue weighted by molar-refractivity contribution is 5.86. The molecule has 70 valence electrons. The van der Waals surface area contributed by atoms with Gasteiger partial charge in [-0.25, -0.2) is 4.79 Å². The fourth-order valence-electron chi connectivity index (χ4n) is 1.27. The predicted molar refractivity (Wildman–Crippen MR) is 50.4 cm³/mol. The van der Waals surface area contributed by atoms with Crippen molar-refractivity contribution in [2.24, 2.45) is 10.2 Å². The smallest absolute Gasteiger partial charge is 0.356 e. The van der Waals surface area contributed by atoms with Gasteiger partial charge in [0, 0.05) is 0 Å². The van der Waals surface area contributed by atoms with Gasteiger partial charge >= 0.3 is 5.97 Å². The third-order valence-corrected chi connectivity index (χ3v) is 1.99. The van der Waals surface area contributed by atoms with Crippen LogP contribution < -0.4 is 0 Å². The Morgan fingerprint density at radius 2 is 2.07 bits per heavy atom. The molecule has 0 atom stereocenters. The Balaban J connectivity index is 2.41. The van der Waals surface area contributed by atoms with Crippen LogP contribution in [-0.2, 0) is 11.2 Å². The van der Waals surface area contributed by atoms with E-state index in [1.165, 1.54) is 0 Å². The van der Waals surface area contributed by atoms with Gasteiger partial charge in [0.2, 0.25) is 0 Å². The maximum Gasteiger partial charge on any atom is 0.356 e. The number of nitrogens with zero attached hydrogens (tertiary/aromatic N) is 2. The molecule has 4 heteroatoms. The quantitative estimate of drug-likeness (QED) is 0.734. The van der Waals surface area contributed by atoms with E-state index in [1.54, 1.807) is 6.08 Å². The summed E-state index contributed by atoms with van der Waals surface area (Å²) in [5, 5.41) is 16.2. The number of hydrogen-bond acceptors (Lipinski definition) is 3. The molecule has 0 saturated heterocycles. The Hall–Kier alpha value is -1.97. The summed E-state index contributed by atoms with van der Waals surface area (Å²) >= 11 is 0. The summed E-state index contributed by atoms with van der Waals surface area (Å²) in [6.07, 6.45) is 2.13. The van der Waals surface area contributed by atoms with Crippen molar-refractivity contribution in [3.63, 3.8) is 0 Å². The highest BCUT2D eigenvalue weighted by Gasteiger charge is 2.10. The van der Waals surface area contributed by atoms with Gasteiger partial charge in [-0.2, -0.15) is 5.11 Å². The van der Waals surface area contributed by atoms with Gasteiger partial charge in [-0.05, 0) is 24.1 Å². The van der Waals surface area contributed by atoms with Crippen molar-refractivity contribution in [1.29, 1.82) is 0 Å². The minimum Gasteiger partial charge on any atom is -0.476 e. The molecule has 1 aromatic rings. The Morgan fingerprint density at radius 1 is 1.29 bits per heavy atom. The molecule has 0 unspecified atom stereocenters. The molecule has 0 saturated carbocycles. The summed E-state index contributed by atoms with van der Waals surface area (Å²) in [6, 6.07) is 7.48. The van der Waals surface area contributed by atoms with Gasteiger partial charge < -0.3 is 5.11 Å². The second kappa shape index (κ2) is 3.41. The number of benzene rings is 1. The first-order valence-corrected chi connectivity index (χ1v) is 4.20. The Labute approximate surface area is 80.6 Å². The van der Waals surface area contributed by atoms with Crippen molar-refractivity contribution >= 4 is 11.7 Å². The zero-order valence-electron chi connectivity index (χ0n) is 7.34. The summed E-state index contributed by atoms with van der Waals surface area (Å²) in [4.78, 5) is 10.6. The maximum absolute atomic E-state index is 10.6. The molecule has 14 heavy (non-hydrogen) atoms. The number of azo groups is 1. The van der Waals surface area contributed by atoms with Gasteiger partial charge in [0.15, 0.2) is 5.70 Å². The van der Waals surface area contributed by atoms with Crippen LogP contribution in [0.4, 0.5) is 5.69 Å². The third-order valence-electron chi connectivity index (χ3n) is 1.99. The van der Waals surface area contributed by atoms with Crippen molar-refractivity contribution in [3.05, 3.63) is 41.6 Å². The topological polar surface area (TPSA) is 62.0 Å². The van der Waals surface area contributed by atoms with Crippen LogP contribution >= 0.6 is 0 Å². The van der Waals surface area contributed by atoms with Gasteiger partial charge in [-0.1, -0.05) is 18.2 Å². The lowest BCUT2D eigenvalue weighted by Gasteiger charge is -1.96. The highest BCUT2D eigenvalue weighted by atomic mass is 16.4. The molecule has 2 rings (SSSR count). The summed E-state index contributed by atoms with van der Waals surface area (Å²) in [6.45, 7) is 0. The van der Waals surface area contributed by atoms with Crippen molar-refractivity contribution in [3.8, 4) is 0 Å². The lowest BCUT2D eigenvalue weighted by atomic mass is 10.1.